The number of nitrogens with one attached hydrogen (secondary N) is 2. The second-order valence-corrected chi connectivity index (χ2v) is 8.00. The fourth-order valence-corrected chi connectivity index (χ4v) is 4.84. The zero-order valence-electron chi connectivity index (χ0n) is 15.7. The van der Waals surface area contributed by atoms with Crippen molar-refractivity contribution in [2.24, 2.45) is 5.41 Å². The van der Waals surface area contributed by atoms with Crippen molar-refractivity contribution in [3.63, 3.8) is 0 Å². The predicted molar refractivity (Wildman–Crippen MR) is 109 cm³/mol. The van der Waals surface area contributed by atoms with Crippen molar-refractivity contribution in [1.29, 1.82) is 0 Å². The Bertz CT molecular complexity index is 1090. The number of benzene rings is 2. The van der Waals surface area contributed by atoms with Crippen molar-refractivity contribution in [3.05, 3.63) is 82.3 Å². The van der Waals surface area contributed by atoms with E-state index in [2.05, 4.69) is 22.4 Å². The van der Waals surface area contributed by atoms with Crippen LogP contribution in [0.5, 0.6) is 0 Å². The molecule has 1 atom stereocenters. The van der Waals surface area contributed by atoms with Gasteiger partial charge in [-0.05, 0) is 35.4 Å². The number of amides is 2. The van der Waals surface area contributed by atoms with Gasteiger partial charge >= 0.3 is 6.03 Å². The molecule has 2 fully saturated rings. The molecule has 2 aliphatic rings. The third-order valence-corrected chi connectivity index (χ3v) is 6.43. The van der Waals surface area contributed by atoms with E-state index in [1.54, 1.807) is 12.3 Å². The van der Waals surface area contributed by atoms with Crippen LogP contribution in [0.15, 0.2) is 65.6 Å². The Morgan fingerprint density at radius 3 is 2.50 bits per heavy atom. The van der Waals surface area contributed by atoms with Crippen molar-refractivity contribution >= 4 is 16.8 Å². The number of aromatic nitrogens is 1. The van der Waals surface area contributed by atoms with E-state index in [1.165, 1.54) is 24.8 Å². The van der Waals surface area contributed by atoms with Crippen LogP contribution in [-0.4, -0.2) is 22.5 Å². The molecule has 1 saturated carbocycles. The van der Waals surface area contributed by atoms with Crippen LogP contribution in [-0.2, 0) is 6.54 Å². The number of nitrogens with zero attached hydrogens (tertiary/aromatic N) is 1. The Morgan fingerprint density at radius 2 is 1.79 bits per heavy atom. The molecule has 2 amide bonds. The molecule has 28 heavy (non-hydrogen) atoms. The van der Waals surface area contributed by atoms with Crippen molar-refractivity contribution in [1.82, 2.24) is 15.2 Å². The maximum absolute atomic E-state index is 13.0. The standard InChI is InChI=1S/C23H23N3O2/c27-21-19-10-5-4-9-18(19)17(13-24-21)14-25-22(28)26-15-23(11-6-12-23)20(26)16-7-2-1-3-8-16/h1-5,7-10,13,20H,6,11-12,14-15H2,(H,24,27)(H,25,28). The van der Waals surface area contributed by atoms with Crippen LogP contribution < -0.4 is 10.9 Å². The fraction of sp³-hybridized carbons (Fsp3) is 0.304. The molecular formula is C23H23N3O2. The topological polar surface area (TPSA) is 65.2 Å². The summed E-state index contributed by atoms with van der Waals surface area (Å²) in [4.78, 5) is 29.7. The van der Waals surface area contributed by atoms with Crippen LogP contribution in [0.2, 0.25) is 0 Å². The van der Waals surface area contributed by atoms with Crippen LogP contribution in [0.25, 0.3) is 10.8 Å². The Labute approximate surface area is 163 Å². The summed E-state index contributed by atoms with van der Waals surface area (Å²) in [6.07, 6.45) is 5.34. The lowest BCUT2D eigenvalue weighted by atomic mass is 9.56. The molecular weight excluding hydrogens is 350 g/mol. The number of likely N-dealkylation sites (tertiary alicyclic amines) is 1. The van der Waals surface area contributed by atoms with Gasteiger partial charge in [0.05, 0.1) is 6.04 Å². The van der Waals surface area contributed by atoms with Crippen molar-refractivity contribution in [2.45, 2.75) is 31.8 Å². The molecule has 5 heteroatoms. The number of carbonyl (C=O) groups is 1. The average Bonchev–Trinajstić information content (AvgIpc) is 2.67. The molecule has 2 heterocycles. The highest BCUT2D eigenvalue weighted by Gasteiger charge is 2.57. The van der Waals surface area contributed by atoms with Gasteiger partial charge in [-0.1, -0.05) is 55.0 Å². The first-order valence-corrected chi connectivity index (χ1v) is 9.87. The van der Waals surface area contributed by atoms with Gasteiger partial charge in [0, 0.05) is 30.1 Å². The molecule has 142 valence electrons. The van der Waals surface area contributed by atoms with Crippen LogP contribution in [0.1, 0.15) is 36.4 Å². The summed E-state index contributed by atoms with van der Waals surface area (Å²) in [5.74, 6) is 0. The minimum Gasteiger partial charge on any atom is -0.334 e. The first-order chi connectivity index (χ1) is 13.7. The van der Waals surface area contributed by atoms with E-state index in [-0.39, 0.29) is 23.0 Å². The zero-order valence-corrected chi connectivity index (χ0v) is 15.7. The number of hydrogen-bond acceptors (Lipinski definition) is 2. The molecule has 2 N–H and O–H groups in total. The number of fused-ring (bicyclic) bond motifs is 1. The summed E-state index contributed by atoms with van der Waals surface area (Å²) in [6, 6.07) is 18.0. The van der Waals surface area contributed by atoms with Gasteiger partial charge in [0.25, 0.3) is 5.56 Å². The number of H-pyrrole nitrogens is 1. The molecule has 5 rings (SSSR count). The monoisotopic (exact) mass is 373 g/mol. The minimum absolute atomic E-state index is 0.0401. The fourth-order valence-electron chi connectivity index (χ4n) is 4.84. The molecule has 1 unspecified atom stereocenters. The maximum Gasteiger partial charge on any atom is 0.318 e. The van der Waals surface area contributed by atoms with Gasteiger partial charge in [0.1, 0.15) is 0 Å². The smallest absolute Gasteiger partial charge is 0.318 e. The first kappa shape index (κ1) is 17.0. The first-order valence-electron chi connectivity index (χ1n) is 9.87. The number of hydrogen-bond donors (Lipinski definition) is 2. The van der Waals surface area contributed by atoms with Gasteiger partial charge < -0.3 is 15.2 Å². The van der Waals surface area contributed by atoms with E-state index in [0.717, 1.165) is 17.5 Å². The van der Waals surface area contributed by atoms with E-state index in [1.807, 2.05) is 41.3 Å². The summed E-state index contributed by atoms with van der Waals surface area (Å²) >= 11 is 0. The van der Waals surface area contributed by atoms with Gasteiger partial charge in [-0.25, -0.2) is 4.79 Å². The molecule has 1 saturated heterocycles. The summed E-state index contributed by atoms with van der Waals surface area (Å²) in [5, 5.41) is 4.59. The van der Waals surface area contributed by atoms with Crippen molar-refractivity contribution in [2.75, 3.05) is 6.54 Å². The van der Waals surface area contributed by atoms with Gasteiger partial charge in [0.2, 0.25) is 0 Å². The third-order valence-electron chi connectivity index (χ3n) is 6.43. The number of urea groups is 1. The molecule has 3 aromatic rings. The van der Waals surface area contributed by atoms with Gasteiger partial charge in [-0.3, -0.25) is 4.79 Å². The lowest BCUT2D eigenvalue weighted by Gasteiger charge is -2.62. The van der Waals surface area contributed by atoms with Crippen molar-refractivity contribution < 1.29 is 4.79 Å². The van der Waals surface area contributed by atoms with Gasteiger partial charge in [0.15, 0.2) is 0 Å². The highest BCUT2D eigenvalue weighted by atomic mass is 16.2. The van der Waals surface area contributed by atoms with Gasteiger partial charge in [-0.2, -0.15) is 0 Å². The second-order valence-electron chi connectivity index (χ2n) is 8.00. The molecule has 2 aromatic carbocycles. The molecule has 0 bridgehead atoms. The Morgan fingerprint density at radius 1 is 1.07 bits per heavy atom. The van der Waals surface area contributed by atoms with E-state index < -0.39 is 0 Å². The summed E-state index contributed by atoms with van der Waals surface area (Å²) in [6.45, 7) is 1.21. The quantitative estimate of drug-likeness (QED) is 0.730. The number of rotatable bonds is 3. The highest BCUT2D eigenvalue weighted by molar-refractivity contribution is 5.85. The van der Waals surface area contributed by atoms with Crippen LogP contribution in [0.4, 0.5) is 4.79 Å². The molecule has 1 spiro atoms. The SMILES string of the molecule is O=C(NCc1c[nH]c(=O)c2ccccc12)N1CC2(CCC2)C1c1ccccc1. The van der Waals surface area contributed by atoms with Crippen LogP contribution in [0, 0.1) is 5.41 Å². The summed E-state index contributed by atoms with van der Waals surface area (Å²) < 4.78 is 0. The molecule has 5 nitrogen and oxygen atoms in total. The number of aromatic amines is 1. The van der Waals surface area contributed by atoms with E-state index in [4.69, 9.17) is 0 Å². The Kier molecular flexibility index (Phi) is 3.97. The Hall–Kier alpha value is -3.08. The van der Waals surface area contributed by atoms with Gasteiger partial charge in [-0.15, -0.1) is 0 Å². The molecule has 0 radical (unpaired) electrons. The van der Waals surface area contributed by atoms with Crippen LogP contribution in [0.3, 0.4) is 0 Å². The normalized spacial score (nSPS) is 19.9. The molecule has 1 aromatic heterocycles. The van der Waals surface area contributed by atoms with E-state index in [9.17, 15) is 9.59 Å². The minimum atomic E-state index is -0.107. The molecule has 1 aliphatic heterocycles. The largest absolute Gasteiger partial charge is 0.334 e. The van der Waals surface area contributed by atoms with Crippen LogP contribution >= 0.6 is 0 Å². The maximum atomic E-state index is 13.0. The zero-order chi connectivity index (χ0) is 19.1. The predicted octanol–water partition coefficient (Wildman–Crippen LogP) is 3.96. The van der Waals surface area contributed by atoms with E-state index in [0.29, 0.717) is 11.9 Å². The third kappa shape index (κ3) is 2.61. The Balaban J connectivity index is 1.35. The lowest BCUT2D eigenvalue weighted by Crippen LogP contribution is -2.65. The summed E-state index contributed by atoms with van der Waals surface area (Å²) in [5.41, 5.74) is 2.30. The number of pyridine rings is 1. The lowest BCUT2D eigenvalue weighted by molar-refractivity contribution is -0.0998. The number of carbonyl (C=O) groups excluding carboxylic acids is 1. The second kappa shape index (κ2) is 6.51. The average molecular weight is 373 g/mol. The summed E-state index contributed by atoms with van der Waals surface area (Å²) in [7, 11) is 0. The van der Waals surface area contributed by atoms with E-state index >= 15 is 0 Å². The highest BCUT2D eigenvalue weighted by Crippen LogP contribution is 2.60. The molecule has 1 aliphatic carbocycles. The van der Waals surface area contributed by atoms with Crippen molar-refractivity contribution in [3.8, 4) is 0 Å².